The second kappa shape index (κ2) is 9.62. The second-order valence-corrected chi connectivity index (χ2v) is 8.97. The fourth-order valence-corrected chi connectivity index (χ4v) is 3.69. The Kier molecular flexibility index (Phi) is 7.07. The second-order valence-electron chi connectivity index (χ2n) is 8.97. The zero-order chi connectivity index (χ0) is 24.2. The predicted molar refractivity (Wildman–Crippen MR) is 128 cm³/mol. The summed E-state index contributed by atoms with van der Waals surface area (Å²) < 4.78 is 16.6. The number of nitrogens with one attached hydrogen (secondary N) is 2. The van der Waals surface area contributed by atoms with Gasteiger partial charge in [0.25, 0.3) is 0 Å². The van der Waals surface area contributed by atoms with Gasteiger partial charge in [-0.1, -0.05) is 12.1 Å². The van der Waals surface area contributed by atoms with E-state index in [-0.39, 0.29) is 6.61 Å². The number of amides is 1. The number of hydrogen-bond acceptors (Lipinski definition) is 6. The maximum absolute atomic E-state index is 12.7. The lowest BCUT2D eigenvalue weighted by Gasteiger charge is -2.32. The lowest BCUT2D eigenvalue weighted by Crippen LogP contribution is -2.51. The number of fused-ring (bicyclic) bond motifs is 1. The third kappa shape index (κ3) is 5.51. The van der Waals surface area contributed by atoms with Crippen molar-refractivity contribution in [1.29, 1.82) is 0 Å². The molecule has 0 radical (unpaired) electrons. The molecule has 0 aliphatic rings. The summed E-state index contributed by atoms with van der Waals surface area (Å²) in [6.07, 6.45) is 3.31. The van der Waals surface area contributed by atoms with Gasteiger partial charge in [0.2, 0.25) is 0 Å². The zero-order valence-electron chi connectivity index (χ0n) is 20.1. The molecule has 0 aliphatic carbocycles. The highest BCUT2D eigenvalue weighted by atomic mass is 16.6. The molecule has 2 N–H and O–H groups in total. The quantitative estimate of drug-likeness (QED) is 0.473. The van der Waals surface area contributed by atoms with Gasteiger partial charge in [-0.25, -0.2) is 9.78 Å². The van der Waals surface area contributed by atoms with Gasteiger partial charge >= 0.3 is 6.09 Å². The van der Waals surface area contributed by atoms with Crippen molar-refractivity contribution in [3.8, 4) is 17.0 Å². The van der Waals surface area contributed by atoms with Crippen LogP contribution in [0.15, 0.2) is 43.1 Å². The van der Waals surface area contributed by atoms with Gasteiger partial charge in [-0.2, -0.15) is 0 Å². The maximum Gasteiger partial charge on any atom is 0.408 e. The predicted octanol–water partition coefficient (Wildman–Crippen LogP) is 4.88. The van der Waals surface area contributed by atoms with Crippen molar-refractivity contribution in [1.82, 2.24) is 20.3 Å². The molecule has 1 unspecified atom stereocenters. The van der Waals surface area contributed by atoms with E-state index in [9.17, 15) is 4.79 Å². The Hall–Kier alpha value is -3.39. The minimum Gasteiger partial charge on any atom is -0.496 e. The van der Waals surface area contributed by atoms with Gasteiger partial charge in [0.1, 0.15) is 22.7 Å². The molecule has 8 heteroatoms. The normalized spacial score (nSPS) is 13.4. The van der Waals surface area contributed by atoms with Crippen LogP contribution in [0.5, 0.6) is 5.75 Å². The van der Waals surface area contributed by atoms with E-state index < -0.39 is 17.2 Å². The molecule has 0 saturated carbocycles. The monoisotopic (exact) mass is 452 g/mol. The summed E-state index contributed by atoms with van der Waals surface area (Å²) in [7, 11) is 3.19. The number of H-pyrrole nitrogens is 1. The number of methoxy groups -OCH3 is 2. The van der Waals surface area contributed by atoms with E-state index in [2.05, 4.69) is 21.9 Å². The van der Waals surface area contributed by atoms with Crippen molar-refractivity contribution in [2.75, 3.05) is 20.8 Å². The minimum absolute atomic E-state index is 0.170. The minimum atomic E-state index is -0.986. The van der Waals surface area contributed by atoms with Gasteiger partial charge in [-0.15, -0.1) is 6.58 Å². The van der Waals surface area contributed by atoms with Crippen LogP contribution in [-0.4, -0.2) is 47.5 Å². The van der Waals surface area contributed by atoms with E-state index in [1.54, 1.807) is 26.5 Å². The first-order valence-electron chi connectivity index (χ1n) is 10.7. The highest BCUT2D eigenvalue weighted by Gasteiger charge is 2.38. The first kappa shape index (κ1) is 24.3. The maximum atomic E-state index is 12.7. The third-order valence-corrected chi connectivity index (χ3v) is 5.08. The highest BCUT2D eigenvalue weighted by molar-refractivity contribution is 5.87. The molecule has 0 saturated heterocycles. The number of carbonyl (C=O) groups is 1. The van der Waals surface area contributed by atoms with Crippen molar-refractivity contribution < 1.29 is 19.0 Å². The summed E-state index contributed by atoms with van der Waals surface area (Å²) in [6, 6.07) is 7.88. The molecule has 1 atom stereocenters. The van der Waals surface area contributed by atoms with E-state index in [0.29, 0.717) is 23.7 Å². The smallest absolute Gasteiger partial charge is 0.408 e. The van der Waals surface area contributed by atoms with Crippen LogP contribution in [-0.2, 0) is 15.0 Å². The number of aryl methyl sites for hydroxylation is 1. The number of imidazole rings is 1. The number of nitrogens with zero attached hydrogens (tertiary/aromatic N) is 2. The Morgan fingerprint density at radius 1 is 1.21 bits per heavy atom. The van der Waals surface area contributed by atoms with Gasteiger partial charge in [-0.05, 0) is 46.2 Å². The molecule has 0 spiro atoms. The van der Waals surface area contributed by atoms with Gasteiger partial charge in [0.15, 0.2) is 0 Å². The standard InChI is InChI=1S/C25H32N4O4/c1-8-11-25(15-31-6,29-23(30)33-24(3,4)5)22-26-14-20(28-22)18-12-17-10-9-16(2)27-19(17)13-21(18)32-7/h8-10,12-14H,1,11,15H2,2-7H3,(H,26,28)(H,29,30). The van der Waals surface area contributed by atoms with Crippen LogP contribution < -0.4 is 10.1 Å². The highest BCUT2D eigenvalue weighted by Crippen LogP contribution is 2.34. The zero-order valence-corrected chi connectivity index (χ0v) is 20.1. The van der Waals surface area contributed by atoms with E-state index in [4.69, 9.17) is 19.2 Å². The Balaban J connectivity index is 2.05. The van der Waals surface area contributed by atoms with Crippen LogP contribution >= 0.6 is 0 Å². The van der Waals surface area contributed by atoms with E-state index >= 15 is 0 Å². The number of rotatable bonds is 8. The van der Waals surface area contributed by atoms with Gasteiger partial charge < -0.3 is 24.5 Å². The summed E-state index contributed by atoms with van der Waals surface area (Å²) in [5.74, 6) is 1.18. The van der Waals surface area contributed by atoms with Crippen molar-refractivity contribution in [3.05, 3.63) is 54.6 Å². The number of carbonyl (C=O) groups excluding carboxylic acids is 1. The largest absolute Gasteiger partial charge is 0.496 e. The van der Waals surface area contributed by atoms with E-state index in [0.717, 1.165) is 22.2 Å². The molecule has 176 valence electrons. The summed E-state index contributed by atoms with van der Waals surface area (Å²) in [5, 5.41) is 3.92. The van der Waals surface area contributed by atoms with E-state index in [1.807, 2.05) is 52.0 Å². The number of aromatic amines is 1. The summed E-state index contributed by atoms with van der Waals surface area (Å²) in [5.41, 5.74) is 1.62. The Morgan fingerprint density at radius 2 is 1.97 bits per heavy atom. The Bertz CT molecular complexity index is 1150. The first-order chi connectivity index (χ1) is 15.6. The molecule has 3 rings (SSSR count). The molecule has 2 aromatic heterocycles. The molecular weight excluding hydrogens is 420 g/mol. The summed E-state index contributed by atoms with van der Waals surface area (Å²) >= 11 is 0. The Labute approximate surface area is 194 Å². The molecule has 2 heterocycles. The summed E-state index contributed by atoms with van der Waals surface area (Å²) in [4.78, 5) is 25.3. The van der Waals surface area contributed by atoms with Crippen LogP contribution in [0.4, 0.5) is 4.79 Å². The van der Waals surface area contributed by atoms with E-state index in [1.165, 1.54) is 0 Å². The topological polar surface area (TPSA) is 98.4 Å². The number of alkyl carbamates (subject to hydrolysis) is 1. The van der Waals surface area contributed by atoms with Crippen molar-refractivity contribution in [2.24, 2.45) is 0 Å². The molecule has 3 aromatic rings. The number of hydrogen-bond donors (Lipinski definition) is 2. The van der Waals surface area contributed by atoms with Crippen molar-refractivity contribution in [3.63, 3.8) is 0 Å². The van der Waals surface area contributed by atoms with Crippen LogP contribution in [0.3, 0.4) is 0 Å². The van der Waals surface area contributed by atoms with Crippen LogP contribution in [0.1, 0.15) is 38.7 Å². The Morgan fingerprint density at radius 3 is 2.61 bits per heavy atom. The number of benzene rings is 1. The molecular formula is C25H32N4O4. The average molecular weight is 453 g/mol. The lowest BCUT2D eigenvalue weighted by atomic mass is 9.95. The van der Waals surface area contributed by atoms with Gasteiger partial charge in [0.05, 0.1) is 24.9 Å². The molecule has 1 aromatic carbocycles. The lowest BCUT2D eigenvalue weighted by molar-refractivity contribution is 0.0340. The molecule has 0 aliphatic heterocycles. The van der Waals surface area contributed by atoms with Crippen LogP contribution in [0.2, 0.25) is 0 Å². The molecule has 0 fully saturated rings. The fraction of sp³-hybridized carbons (Fsp3) is 0.400. The van der Waals surface area contributed by atoms with Gasteiger partial charge in [0, 0.05) is 36.0 Å². The first-order valence-corrected chi connectivity index (χ1v) is 10.7. The third-order valence-electron chi connectivity index (χ3n) is 5.08. The number of aromatic nitrogens is 3. The van der Waals surface area contributed by atoms with Crippen molar-refractivity contribution >= 4 is 17.0 Å². The SMILES string of the molecule is C=CCC(COC)(NC(=O)OC(C)(C)C)c1nc(-c2cc3ccc(C)nc3cc2OC)c[nH]1. The number of pyridine rings is 1. The molecule has 8 nitrogen and oxygen atoms in total. The molecule has 33 heavy (non-hydrogen) atoms. The van der Waals surface area contributed by atoms with Crippen LogP contribution in [0, 0.1) is 6.92 Å². The molecule has 1 amide bonds. The summed E-state index contributed by atoms with van der Waals surface area (Å²) in [6.45, 7) is 11.4. The average Bonchev–Trinajstić information content (AvgIpc) is 3.22. The van der Waals surface area contributed by atoms with Crippen LogP contribution in [0.25, 0.3) is 22.2 Å². The fourth-order valence-electron chi connectivity index (χ4n) is 3.69. The van der Waals surface area contributed by atoms with Crippen molar-refractivity contribution in [2.45, 2.75) is 45.3 Å². The van der Waals surface area contributed by atoms with Gasteiger partial charge in [-0.3, -0.25) is 4.98 Å². The number of ether oxygens (including phenoxy) is 3. The molecule has 0 bridgehead atoms.